The number of hydrogen-bond donors (Lipinski definition) is 1. The summed E-state index contributed by atoms with van der Waals surface area (Å²) in [5.74, 6) is -0.291. The molecule has 1 aliphatic rings. The molecule has 1 N–H and O–H groups in total. The van der Waals surface area contributed by atoms with Crippen LogP contribution in [0.4, 0.5) is 5.69 Å². The fourth-order valence-corrected chi connectivity index (χ4v) is 4.99. The fourth-order valence-electron chi connectivity index (χ4n) is 4.54. The molecule has 0 fully saturated rings. The minimum absolute atomic E-state index is 0.0254. The van der Waals surface area contributed by atoms with Crippen LogP contribution in [0.1, 0.15) is 49.0 Å². The van der Waals surface area contributed by atoms with Crippen LogP contribution in [0.5, 0.6) is 0 Å². The largest absolute Gasteiger partial charge is 0.354 e. The van der Waals surface area contributed by atoms with Crippen LogP contribution in [0, 0.1) is 0 Å². The van der Waals surface area contributed by atoms with Gasteiger partial charge in [-0.15, -0.1) is 0 Å². The first-order valence-corrected chi connectivity index (χ1v) is 12.8. The van der Waals surface area contributed by atoms with Gasteiger partial charge in [0.15, 0.2) is 0 Å². The average Bonchev–Trinajstić information content (AvgIpc) is 3.13. The van der Waals surface area contributed by atoms with E-state index in [-0.39, 0.29) is 24.1 Å². The highest BCUT2D eigenvalue weighted by Gasteiger charge is 2.30. The molecule has 0 spiro atoms. The Labute approximate surface area is 214 Å². The first-order valence-electron chi connectivity index (χ1n) is 12.1. The topological polar surface area (TPSA) is 69.7 Å². The molecule has 0 radical (unpaired) electrons. The number of halogens is 1. The van der Waals surface area contributed by atoms with Crippen LogP contribution in [0.2, 0.25) is 0 Å². The summed E-state index contributed by atoms with van der Waals surface area (Å²) in [5, 5.41) is 4.91. The van der Waals surface area contributed by atoms with E-state index in [4.69, 9.17) is 0 Å². The zero-order valence-corrected chi connectivity index (χ0v) is 21.7. The van der Waals surface area contributed by atoms with Gasteiger partial charge < -0.3 is 15.1 Å². The van der Waals surface area contributed by atoms with Crippen LogP contribution < -0.4 is 10.2 Å². The number of nitrogens with one attached hydrogen (secondary N) is 1. The third-order valence-electron chi connectivity index (χ3n) is 6.38. The van der Waals surface area contributed by atoms with Crippen molar-refractivity contribution in [2.45, 2.75) is 45.7 Å². The lowest BCUT2D eigenvalue weighted by Gasteiger charge is -2.29. The Kier molecular flexibility index (Phi) is 7.86. The molecule has 4 rings (SSSR count). The van der Waals surface area contributed by atoms with Gasteiger partial charge in [0.05, 0.1) is 5.69 Å². The van der Waals surface area contributed by atoms with Crippen LogP contribution in [0.15, 0.2) is 65.1 Å². The average molecular weight is 536 g/mol. The van der Waals surface area contributed by atoms with E-state index in [0.717, 1.165) is 32.9 Å². The summed E-state index contributed by atoms with van der Waals surface area (Å²) in [5.41, 5.74) is 2.55. The number of nitrogens with zero attached hydrogens (tertiary/aromatic N) is 2. The molecule has 0 saturated carbocycles. The molecule has 0 unspecified atom stereocenters. The summed E-state index contributed by atoms with van der Waals surface area (Å²) < 4.78 is 0.923. The van der Waals surface area contributed by atoms with E-state index in [0.29, 0.717) is 31.6 Å². The molecule has 1 heterocycles. The summed E-state index contributed by atoms with van der Waals surface area (Å²) >= 11 is 3.48. The van der Waals surface area contributed by atoms with E-state index < -0.39 is 6.04 Å². The summed E-state index contributed by atoms with van der Waals surface area (Å²) in [4.78, 5) is 42.5. The van der Waals surface area contributed by atoms with Gasteiger partial charge in [-0.05, 0) is 55.0 Å². The maximum Gasteiger partial charge on any atom is 0.258 e. The van der Waals surface area contributed by atoms with Crippen LogP contribution >= 0.6 is 15.9 Å². The molecule has 3 aromatic carbocycles. The second kappa shape index (κ2) is 11.0. The zero-order chi connectivity index (χ0) is 24.9. The number of carbonyl (C=O) groups excluding carboxylic acids is 3. The number of hydrogen-bond acceptors (Lipinski definition) is 3. The van der Waals surface area contributed by atoms with E-state index in [9.17, 15) is 14.4 Å². The van der Waals surface area contributed by atoms with Crippen molar-refractivity contribution in [2.24, 2.45) is 0 Å². The lowest BCUT2D eigenvalue weighted by atomic mass is 10.1. The highest BCUT2D eigenvalue weighted by atomic mass is 79.9. The van der Waals surface area contributed by atoms with E-state index in [1.54, 1.807) is 16.7 Å². The van der Waals surface area contributed by atoms with Crippen LogP contribution in [0.25, 0.3) is 10.8 Å². The van der Waals surface area contributed by atoms with Crippen LogP contribution in [-0.2, 0) is 16.1 Å². The van der Waals surface area contributed by atoms with Crippen molar-refractivity contribution in [1.29, 1.82) is 0 Å². The SMILES string of the molecule is CCCNC(=O)[C@@H](C)N(Cc1cccc(Br)c1)C(=O)CCCN1C(=O)c2cccc3cccc1c23. The molecule has 0 aromatic heterocycles. The lowest BCUT2D eigenvalue weighted by Crippen LogP contribution is -2.47. The van der Waals surface area contributed by atoms with Gasteiger partial charge in [-0.25, -0.2) is 0 Å². The van der Waals surface area contributed by atoms with Gasteiger partial charge in [-0.2, -0.15) is 0 Å². The van der Waals surface area contributed by atoms with Gasteiger partial charge in [-0.1, -0.05) is 59.3 Å². The van der Waals surface area contributed by atoms with Gasteiger partial charge in [0.1, 0.15) is 6.04 Å². The first-order chi connectivity index (χ1) is 16.9. The summed E-state index contributed by atoms with van der Waals surface area (Å²) in [6.45, 7) is 5.12. The molecule has 3 amide bonds. The van der Waals surface area contributed by atoms with Crippen molar-refractivity contribution in [3.8, 4) is 0 Å². The highest BCUT2D eigenvalue weighted by molar-refractivity contribution is 9.10. The Balaban J connectivity index is 1.45. The molecule has 1 atom stereocenters. The quantitative estimate of drug-likeness (QED) is 0.383. The molecule has 0 aliphatic carbocycles. The van der Waals surface area contributed by atoms with Crippen molar-refractivity contribution in [2.75, 3.05) is 18.0 Å². The van der Waals surface area contributed by atoms with Crippen molar-refractivity contribution in [1.82, 2.24) is 10.2 Å². The zero-order valence-electron chi connectivity index (χ0n) is 20.1. The molecule has 6 nitrogen and oxygen atoms in total. The second-order valence-corrected chi connectivity index (χ2v) is 9.78. The lowest BCUT2D eigenvalue weighted by molar-refractivity contribution is -0.140. The predicted octanol–water partition coefficient (Wildman–Crippen LogP) is 5.29. The minimum Gasteiger partial charge on any atom is -0.354 e. The highest BCUT2D eigenvalue weighted by Crippen LogP contribution is 2.37. The van der Waals surface area contributed by atoms with Crippen molar-refractivity contribution >= 4 is 50.1 Å². The molecule has 0 bridgehead atoms. The number of amides is 3. The van der Waals surface area contributed by atoms with Crippen LogP contribution in [0.3, 0.4) is 0 Å². The fraction of sp³-hybridized carbons (Fsp3) is 0.321. The monoisotopic (exact) mass is 535 g/mol. The summed E-state index contributed by atoms with van der Waals surface area (Å²) in [6.07, 6.45) is 1.58. The number of carbonyl (C=O) groups is 3. The van der Waals surface area contributed by atoms with E-state index in [1.165, 1.54) is 0 Å². The standard InChI is InChI=1S/C28H30BrN3O3/c1-3-15-30-27(34)19(2)32(18-20-8-4-11-22(29)17-20)25(33)14-7-16-31-24-13-6-10-21-9-5-12-23(26(21)24)28(31)35/h4-6,8-13,17,19H,3,7,14-16,18H2,1-2H3,(H,30,34)/t19-/m1/s1. The molecule has 1 aliphatic heterocycles. The van der Waals surface area contributed by atoms with Crippen molar-refractivity contribution < 1.29 is 14.4 Å². The smallest absolute Gasteiger partial charge is 0.258 e. The van der Waals surface area contributed by atoms with Crippen LogP contribution in [-0.4, -0.2) is 41.8 Å². The van der Waals surface area contributed by atoms with E-state index in [2.05, 4.69) is 21.2 Å². The van der Waals surface area contributed by atoms with Gasteiger partial charge >= 0.3 is 0 Å². The Hall–Kier alpha value is -3.19. The maximum absolute atomic E-state index is 13.3. The predicted molar refractivity (Wildman–Crippen MR) is 142 cm³/mol. The van der Waals surface area contributed by atoms with Gasteiger partial charge in [-0.3, -0.25) is 14.4 Å². The molecule has 3 aromatic rings. The van der Waals surface area contributed by atoms with Gasteiger partial charge in [0.2, 0.25) is 11.8 Å². The minimum atomic E-state index is -0.598. The molecular weight excluding hydrogens is 506 g/mol. The molecular formula is C28H30BrN3O3. The summed E-state index contributed by atoms with van der Waals surface area (Å²) in [7, 11) is 0. The maximum atomic E-state index is 13.3. The Morgan fingerprint density at radius 2 is 1.83 bits per heavy atom. The molecule has 7 heteroatoms. The Morgan fingerprint density at radius 3 is 2.57 bits per heavy atom. The van der Waals surface area contributed by atoms with Crippen molar-refractivity contribution in [3.63, 3.8) is 0 Å². The molecule has 0 saturated heterocycles. The van der Waals surface area contributed by atoms with Gasteiger partial charge in [0.25, 0.3) is 5.91 Å². The normalized spacial score (nSPS) is 13.2. The molecule has 35 heavy (non-hydrogen) atoms. The third kappa shape index (κ3) is 5.40. The van der Waals surface area contributed by atoms with E-state index >= 15 is 0 Å². The van der Waals surface area contributed by atoms with Gasteiger partial charge in [0, 0.05) is 41.5 Å². The summed E-state index contributed by atoms with van der Waals surface area (Å²) in [6, 6.07) is 18.8. The first kappa shape index (κ1) is 24.9. The number of benzene rings is 3. The Bertz CT molecular complexity index is 1250. The van der Waals surface area contributed by atoms with E-state index in [1.807, 2.05) is 67.6 Å². The molecule has 182 valence electrons. The third-order valence-corrected chi connectivity index (χ3v) is 6.87. The van der Waals surface area contributed by atoms with Crippen molar-refractivity contribution in [3.05, 3.63) is 76.3 Å². The second-order valence-electron chi connectivity index (χ2n) is 8.86. The number of anilines is 1. The Morgan fingerprint density at radius 1 is 1.09 bits per heavy atom. The number of rotatable bonds is 10.